The van der Waals surface area contributed by atoms with Gasteiger partial charge in [-0.3, -0.25) is 10.7 Å². The van der Waals surface area contributed by atoms with Crippen LogP contribution >= 0.6 is 11.3 Å². The molecule has 1 aliphatic heterocycles. The van der Waals surface area contributed by atoms with Crippen molar-refractivity contribution >= 4 is 28.3 Å². The van der Waals surface area contributed by atoms with E-state index in [-0.39, 0.29) is 5.56 Å². The predicted octanol–water partition coefficient (Wildman–Crippen LogP) is 1.35. The zero-order valence-corrected chi connectivity index (χ0v) is 13.2. The minimum absolute atomic E-state index is 0.172. The number of carboxylic acids is 1. The Hall–Kier alpha value is -1.64. The lowest BCUT2D eigenvalue weighted by Crippen LogP contribution is -2.53. The summed E-state index contributed by atoms with van der Waals surface area (Å²) < 4.78 is 0. The third-order valence-corrected chi connectivity index (χ3v) is 4.71. The van der Waals surface area contributed by atoms with Crippen molar-refractivity contribution in [1.29, 1.82) is 0 Å². The number of urea groups is 1. The molecule has 0 spiro atoms. The summed E-state index contributed by atoms with van der Waals surface area (Å²) in [5, 5.41) is 14.1. The van der Waals surface area contributed by atoms with Gasteiger partial charge in [0.2, 0.25) is 0 Å². The largest absolute Gasteiger partial charge is 0.478 e. The van der Waals surface area contributed by atoms with Gasteiger partial charge in [-0.25, -0.2) is 14.6 Å². The van der Waals surface area contributed by atoms with E-state index in [1.807, 2.05) is 19.0 Å². The summed E-state index contributed by atoms with van der Waals surface area (Å²) in [6.07, 6.45) is 0. The van der Waals surface area contributed by atoms with E-state index in [1.165, 1.54) is 11.3 Å². The first kappa shape index (κ1) is 15.7. The van der Waals surface area contributed by atoms with Gasteiger partial charge in [0.15, 0.2) is 0 Å². The molecular formula is C13H20N4O3S. The van der Waals surface area contributed by atoms with Crippen LogP contribution in [0.25, 0.3) is 0 Å². The topological polar surface area (TPSA) is 84.9 Å². The van der Waals surface area contributed by atoms with Gasteiger partial charge < -0.3 is 10.0 Å². The molecule has 8 heteroatoms. The lowest BCUT2D eigenvalue weighted by Gasteiger charge is -2.32. The molecule has 1 fully saturated rings. The molecule has 1 aromatic rings. The highest BCUT2D eigenvalue weighted by Gasteiger charge is 2.21. The number of rotatable bonds is 3. The van der Waals surface area contributed by atoms with Crippen LogP contribution in [-0.2, 0) is 0 Å². The van der Waals surface area contributed by atoms with Gasteiger partial charge >= 0.3 is 12.0 Å². The molecule has 0 saturated carbocycles. The molecule has 7 nitrogen and oxygen atoms in total. The molecule has 2 rings (SSSR count). The normalized spacial score (nSPS) is 16.7. The molecule has 2 heterocycles. The van der Waals surface area contributed by atoms with Crippen molar-refractivity contribution in [2.75, 3.05) is 38.5 Å². The average Bonchev–Trinajstić information content (AvgIpc) is 2.67. The highest BCUT2D eigenvalue weighted by atomic mass is 32.1. The second-order valence-corrected chi connectivity index (χ2v) is 6.37. The average molecular weight is 312 g/mol. The molecular weight excluding hydrogens is 292 g/mol. The lowest BCUT2D eigenvalue weighted by molar-refractivity contribution is 0.0697. The number of aromatic carboxylic acids is 1. The molecule has 1 saturated heterocycles. The Bertz CT molecular complexity index is 550. The monoisotopic (exact) mass is 312 g/mol. The number of amides is 2. The lowest BCUT2D eigenvalue weighted by atomic mass is 10.1. The smallest absolute Gasteiger partial charge is 0.338 e. The zero-order valence-electron chi connectivity index (χ0n) is 12.4. The van der Waals surface area contributed by atoms with Crippen molar-refractivity contribution in [2.24, 2.45) is 0 Å². The fourth-order valence-electron chi connectivity index (χ4n) is 2.17. The number of carboxylic acid groups (broad SMARTS) is 1. The molecule has 0 aromatic carbocycles. The first-order valence-electron chi connectivity index (χ1n) is 6.73. The van der Waals surface area contributed by atoms with E-state index >= 15 is 0 Å². The molecule has 21 heavy (non-hydrogen) atoms. The number of thiophene rings is 1. The zero-order chi connectivity index (χ0) is 15.6. The predicted molar refractivity (Wildman–Crippen MR) is 82.0 cm³/mol. The summed E-state index contributed by atoms with van der Waals surface area (Å²) in [7, 11) is 2.04. The molecule has 0 radical (unpaired) electrons. The Labute approximate surface area is 127 Å². The first-order chi connectivity index (χ1) is 9.88. The Morgan fingerprint density at radius 1 is 1.19 bits per heavy atom. The maximum Gasteiger partial charge on any atom is 0.338 e. The van der Waals surface area contributed by atoms with Crippen LogP contribution in [-0.4, -0.2) is 60.2 Å². The number of nitrogens with zero attached hydrogens (tertiary/aromatic N) is 2. The number of piperazine rings is 1. The molecule has 2 amide bonds. The number of hydrazine groups is 1. The molecule has 0 aliphatic carbocycles. The molecule has 0 atom stereocenters. The van der Waals surface area contributed by atoms with Gasteiger partial charge in [-0.15, -0.1) is 11.3 Å². The summed E-state index contributed by atoms with van der Waals surface area (Å²) in [5.74, 6) is -1.02. The maximum atomic E-state index is 12.0. The standard InChI is InChI=1S/C13H20N4O3S/c1-8-9(2)21-11(10(8)12(18)19)14-13(20)15-17-6-4-16(3)5-7-17/h4-7H2,1-3H3,(H,18,19)(H2,14,15,20). The van der Waals surface area contributed by atoms with E-state index in [2.05, 4.69) is 15.6 Å². The molecule has 1 aliphatic rings. The Morgan fingerprint density at radius 2 is 1.81 bits per heavy atom. The van der Waals surface area contributed by atoms with Gasteiger partial charge in [-0.05, 0) is 26.5 Å². The van der Waals surface area contributed by atoms with E-state index in [0.29, 0.717) is 10.6 Å². The number of carbonyl (C=O) groups is 2. The van der Waals surface area contributed by atoms with Gasteiger partial charge in [0, 0.05) is 31.1 Å². The number of hydrogen-bond donors (Lipinski definition) is 3. The summed E-state index contributed by atoms with van der Waals surface area (Å²) in [5.41, 5.74) is 3.62. The third kappa shape index (κ3) is 3.72. The van der Waals surface area contributed by atoms with Crippen molar-refractivity contribution in [1.82, 2.24) is 15.3 Å². The van der Waals surface area contributed by atoms with Crippen LogP contribution in [0.4, 0.5) is 9.80 Å². The van der Waals surface area contributed by atoms with Crippen molar-refractivity contribution in [3.8, 4) is 0 Å². The highest BCUT2D eigenvalue weighted by Crippen LogP contribution is 2.32. The minimum Gasteiger partial charge on any atom is -0.478 e. The van der Waals surface area contributed by atoms with E-state index in [9.17, 15) is 14.7 Å². The van der Waals surface area contributed by atoms with E-state index in [1.54, 1.807) is 6.92 Å². The maximum absolute atomic E-state index is 12.0. The van der Waals surface area contributed by atoms with Crippen molar-refractivity contribution < 1.29 is 14.7 Å². The Morgan fingerprint density at radius 3 is 2.38 bits per heavy atom. The van der Waals surface area contributed by atoms with Crippen molar-refractivity contribution in [2.45, 2.75) is 13.8 Å². The van der Waals surface area contributed by atoms with Gasteiger partial charge in [0.1, 0.15) is 5.00 Å². The van der Waals surface area contributed by atoms with Crippen LogP contribution in [0.5, 0.6) is 0 Å². The van der Waals surface area contributed by atoms with E-state index in [4.69, 9.17) is 0 Å². The van der Waals surface area contributed by atoms with Crippen LogP contribution in [0.1, 0.15) is 20.8 Å². The number of carbonyl (C=O) groups excluding carboxylic acids is 1. The van der Waals surface area contributed by atoms with Gasteiger partial charge in [0.05, 0.1) is 5.56 Å². The second kappa shape index (κ2) is 6.42. The second-order valence-electron chi connectivity index (χ2n) is 5.15. The third-order valence-electron chi connectivity index (χ3n) is 3.59. The van der Waals surface area contributed by atoms with Crippen LogP contribution in [0, 0.1) is 13.8 Å². The fourth-order valence-corrected chi connectivity index (χ4v) is 3.21. The minimum atomic E-state index is -1.02. The molecule has 116 valence electrons. The highest BCUT2D eigenvalue weighted by molar-refractivity contribution is 7.16. The number of anilines is 1. The number of likely N-dealkylation sites (N-methyl/N-ethyl adjacent to an activating group) is 1. The van der Waals surface area contributed by atoms with E-state index in [0.717, 1.165) is 31.1 Å². The summed E-state index contributed by atoms with van der Waals surface area (Å²) in [6.45, 7) is 6.86. The summed E-state index contributed by atoms with van der Waals surface area (Å²) in [4.78, 5) is 26.4. The van der Waals surface area contributed by atoms with Crippen molar-refractivity contribution in [3.63, 3.8) is 0 Å². The Balaban J connectivity index is 2.00. The molecule has 3 N–H and O–H groups in total. The molecule has 0 unspecified atom stereocenters. The van der Waals surface area contributed by atoms with Crippen LogP contribution < -0.4 is 10.7 Å². The number of nitrogens with one attached hydrogen (secondary N) is 2. The molecule has 1 aromatic heterocycles. The SMILES string of the molecule is Cc1sc(NC(=O)NN2CCN(C)CC2)c(C(=O)O)c1C. The van der Waals surface area contributed by atoms with E-state index < -0.39 is 12.0 Å². The van der Waals surface area contributed by atoms with Crippen LogP contribution in [0.15, 0.2) is 0 Å². The Kier molecular flexibility index (Phi) is 4.81. The van der Waals surface area contributed by atoms with Crippen LogP contribution in [0.3, 0.4) is 0 Å². The molecule has 0 bridgehead atoms. The van der Waals surface area contributed by atoms with Crippen molar-refractivity contribution in [3.05, 3.63) is 16.0 Å². The van der Waals surface area contributed by atoms with Gasteiger partial charge in [0.25, 0.3) is 0 Å². The summed E-state index contributed by atoms with van der Waals surface area (Å²) >= 11 is 1.28. The van der Waals surface area contributed by atoms with Gasteiger partial charge in [-0.1, -0.05) is 0 Å². The number of aryl methyl sites for hydroxylation is 1. The number of hydrogen-bond acceptors (Lipinski definition) is 5. The van der Waals surface area contributed by atoms with Gasteiger partial charge in [-0.2, -0.15) is 0 Å². The van der Waals surface area contributed by atoms with Crippen LogP contribution in [0.2, 0.25) is 0 Å². The fraction of sp³-hybridized carbons (Fsp3) is 0.538. The quantitative estimate of drug-likeness (QED) is 0.784. The first-order valence-corrected chi connectivity index (χ1v) is 7.54. The summed E-state index contributed by atoms with van der Waals surface area (Å²) in [6, 6.07) is -0.400.